The lowest BCUT2D eigenvalue weighted by Gasteiger charge is -2.26. The van der Waals surface area contributed by atoms with E-state index in [-0.39, 0.29) is 0 Å². The van der Waals surface area contributed by atoms with Gasteiger partial charge in [-0.3, -0.25) is 0 Å². The Bertz CT molecular complexity index is 2640. The Morgan fingerprint density at radius 3 is 0.970 bits per heavy atom. The molecule has 0 unspecified atom stereocenters. The van der Waals surface area contributed by atoms with Gasteiger partial charge in [-0.05, 0) is 194 Å². The number of benzene rings is 8. The summed E-state index contributed by atoms with van der Waals surface area (Å²) in [4.78, 5) is 4.60. The molecule has 0 heterocycles. The molecule has 8 aromatic rings. The molecule has 4 heteroatoms. The lowest BCUT2D eigenvalue weighted by molar-refractivity contribution is 0.155. The van der Waals surface area contributed by atoms with Gasteiger partial charge in [-0.2, -0.15) is 0 Å². The van der Waals surface area contributed by atoms with Crippen LogP contribution in [0.3, 0.4) is 0 Å². The first-order valence-electron chi connectivity index (χ1n) is 24.0. The van der Waals surface area contributed by atoms with Crippen LogP contribution in [-0.4, -0.2) is 12.2 Å². The number of hydrogen-bond donors (Lipinski definition) is 0. The maximum absolute atomic E-state index is 6.35. The molecule has 0 amide bonds. The van der Waals surface area contributed by atoms with Crippen molar-refractivity contribution in [1.82, 2.24) is 0 Å². The van der Waals surface area contributed by atoms with Crippen molar-refractivity contribution in [2.24, 2.45) is 0 Å². The molecular formula is C62H58N2O2. The maximum atomic E-state index is 6.35. The van der Waals surface area contributed by atoms with Gasteiger partial charge in [0.1, 0.15) is 11.5 Å². The van der Waals surface area contributed by atoms with Crippen LogP contribution in [0.5, 0.6) is 11.5 Å². The molecule has 328 valence electrons. The van der Waals surface area contributed by atoms with E-state index in [1.54, 1.807) is 0 Å². The van der Waals surface area contributed by atoms with E-state index in [0.29, 0.717) is 12.2 Å². The summed E-state index contributed by atoms with van der Waals surface area (Å²) in [5.74, 6) is 1.90. The second kappa shape index (κ2) is 20.7. The molecule has 8 aromatic carbocycles. The fraction of sp³-hybridized carbons (Fsp3) is 0.194. The van der Waals surface area contributed by atoms with Crippen LogP contribution in [0.15, 0.2) is 194 Å². The minimum atomic E-state index is 0.336. The average molecular weight is 863 g/mol. The first-order chi connectivity index (χ1) is 32.7. The van der Waals surface area contributed by atoms with Crippen molar-refractivity contribution in [3.63, 3.8) is 0 Å². The summed E-state index contributed by atoms with van der Waals surface area (Å²) in [5, 5.41) is 2.44. The third kappa shape index (κ3) is 10.6. The predicted octanol–water partition coefficient (Wildman–Crippen LogP) is 17.5. The molecule has 10 rings (SSSR count). The Labute approximate surface area is 391 Å². The SMILES string of the molecule is C(=C/c1ccc2cc(/C=C\c3ccc(N(c4ccccc4)c4ccc(OC5CCCCC5)cc4)cc3)ccc2c1)/c1ccc(N(c2ccccc2)c2ccc(OC3CCCCC3)cc2)cc1. The first kappa shape index (κ1) is 42.6. The highest BCUT2D eigenvalue weighted by atomic mass is 16.5. The smallest absolute Gasteiger partial charge is 0.119 e. The lowest BCUT2D eigenvalue weighted by atomic mass is 9.98. The number of ether oxygens (including phenoxy) is 2. The molecular weight excluding hydrogens is 805 g/mol. The largest absolute Gasteiger partial charge is 0.490 e. The Balaban J connectivity index is 0.792. The summed E-state index contributed by atoms with van der Waals surface area (Å²) >= 11 is 0. The summed E-state index contributed by atoms with van der Waals surface area (Å²) in [7, 11) is 0. The summed E-state index contributed by atoms with van der Waals surface area (Å²) in [6.45, 7) is 0. The van der Waals surface area contributed by atoms with E-state index in [1.165, 1.54) is 60.4 Å². The van der Waals surface area contributed by atoms with Crippen LogP contribution in [0.2, 0.25) is 0 Å². The number of hydrogen-bond acceptors (Lipinski definition) is 4. The standard InChI is InChI=1S/C62H58N2O2/c1-5-13-53(14-6-1)63(57-37-41-61(42-38-57)65-59-17-9-3-10-18-59)55-33-27-47(28-34-55)21-23-49-25-31-52-46-50(26-32-51(52)45-49)24-22-48-29-35-56(36-30-48)64(54-15-7-2-8-16-54)58-39-43-62(44-40-58)66-60-19-11-4-12-20-60/h1-2,5-8,13-16,21-46,59-60H,3-4,9-12,17-20H2/b23-21-,24-22-. The monoisotopic (exact) mass is 862 g/mol. The number of rotatable bonds is 14. The predicted molar refractivity (Wildman–Crippen MR) is 279 cm³/mol. The molecule has 0 radical (unpaired) electrons. The van der Waals surface area contributed by atoms with Crippen molar-refractivity contribution in [3.8, 4) is 11.5 Å². The third-order valence-electron chi connectivity index (χ3n) is 13.1. The molecule has 0 aromatic heterocycles. The summed E-state index contributed by atoms with van der Waals surface area (Å²) in [5.41, 5.74) is 11.3. The van der Waals surface area contributed by atoms with Crippen LogP contribution in [0.25, 0.3) is 35.1 Å². The molecule has 0 N–H and O–H groups in total. The summed E-state index contributed by atoms with van der Waals surface area (Å²) in [6, 6.07) is 69.3. The second-order valence-corrected chi connectivity index (χ2v) is 17.8. The molecule has 2 aliphatic carbocycles. The van der Waals surface area contributed by atoms with Gasteiger partial charge in [0.25, 0.3) is 0 Å². The summed E-state index contributed by atoms with van der Waals surface area (Å²) in [6.07, 6.45) is 21.8. The normalized spacial score (nSPS) is 14.7. The molecule has 0 atom stereocenters. The Hall–Kier alpha value is -7.30. The van der Waals surface area contributed by atoms with Gasteiger partial charge in [0.15, 0.2) is 0 Å². The highest BCUT2D eigenvalue weighted by Gasteiger charge is 2.18. The van der Waals surface area contributed by atoms with Crippen LogP contribution < -0.4 is 19.3 Å². The lowest BCUT2D eigenvalue weighted by Crippen LogP contribution is -2.19. The van der Waals surface area contributed by atoms with Gasteiger partial charge >= 0.3 is 0 Å². The molecule has 0 saturated heterocycles. The zero-order chi connectivity index (χ0) is 44.3. The van der Waals surface area contributed by atoms with Crippen LogP contribution >= 0.6 is 0 Å². The highest BCUT2D eigenvalue weighted by molar-refractivity contribution is 5.89. The van der Waals surface area contributed by atoms with Crippen molar-refractivity contribution in [2.45, 2.75) is 76.4 Å². The zero-order valence-electron chi connectivity index (χ0n) is 37.7. The Morgan fingerprint density at radius 1 is 0.303 bits per heavy atom. The van der Waals surface area contributed by atoms with Crippen LogP contribution in [0, 0.1) is 0 Å². The van der Waals surface area contributed by atoms with Crippen molar-refractivity contribution in [2.75, 3.05) is 9.80 Å². The van der Waals surface area contributed by atoms with Gasteiger partial charge in [-0.1, -0.05) is 122 Å². The van der Waals surface area contributed by atoms with E-state index >= 15 is 0 Å². The van der Waals surface area contributed by atoms with E-state index < -0.39 is 0 Å². The minimum Gasteiger partial charge on any atom is -0.490 e. The van der Waals surface area contributed by atoms with Gasteiger partial charge in [0.05, 0.1) is 12.2 Å². The average Bonchev–Trinajstić information content (AvgIpc) is 3.38. The number of nitrogens with zero attached hydrogens (tertiary/aromatic N) is 2. The van der Waals surface area contributed by atoms with Gasteiger partial charge < -0.3 is 19.3 Å². The van der Waals surface area contributed by atoms with E-state index in [0.717, 1.165) is 82.4 Å². The second-order valence-electron chi connectivity index (χ2n) is 17.8. The maximum Gasteiger partial charge on any atom is 0.119 e. The fourth-order valence-corrected chi connectivity index (χ4v) is 9.49. The molecule has 4 nitrogen and oxygen atoms in total. The Kier molecular flexibility index (Phi) is 13.4. The van der Waals surface area contributed by atoms with E-state index in [9.17, 15) is 0 Å². The molecule has 2 saturated carbocycles. The van der Waals surface area contributed by atoms with Crippen molar-refractivity contribution in [1.29, 1.82) is 0 Å². The van der Waals surface area contributed by atoms with Gasteiger partial charge in [0, 0.05) is 34.1 Å². The Morgan fingerprint density at radius 2 is 0.606 bits per heavy atom. The quantitative estimate of drug-likeness (QED) is 0.102. The number of anilines is 6. The van der Waals surface area contributed by atoms with Gasteiger partial charge in [-0.15, -0.1) is 0 Å². The molecule has 0 bridgehead atoms. The van der Waals surface area contributed by atoms with Crippen LogP contribution in [0.1, 0.15) is 86.5 Å². The highest BCUT2D eigenvalue weighted by Crippen LogP contribution is 2.38. The molecule has 2 fully saturated rings. The summed E-state index contributed by atoms with van der Waals surface area (Å²) < 4.78 is 12.7. The van der Waals surface area contributed by atoms with Gasteiger partial charge in [-0.25, -0.2) is 0 Å². The van der Waals surface area contributed by atoms with Crippen LogP contribution in [0.4, 0.5) is 34.1 Å². The van der Waals surface area contributed by atoms with Gasteiger partial charge in [0.2, 0.25) is 0 Å². The minimum absolute atomic E-state index is 0.336. The van der Waals surface area contributed by atoms with E-state index in [4.69, 9.17) is 9.47 Å². The van der Waals surface area contributed by atoms with Crippen LogP contribution in [-0.2, 0) is 0 Å². The fourth-order valence-electron chi connectivity index (χ4n) is 9.49. The van der Waals surface area contributed by atoms with Crippen molar-refractivity contribution >= 4 is 69.2 Å². The number of fused-ring (bicyclic) bond motifs is 1. The first-order valence-corrected chi connectivity index (χ1v) is 24.0. The van der Waals surface area contributed by atoms with E-state index in [1.807, 2.05) is 0 Å². The molecule has 0 aliphatic heterocycles. The molecule has 66 heavy (non-hydrogen) atoms. The zero-order valence-corrected chi connectivity index (χ0v) is 37.7. The third-order valence-corrected chi connectivity index (χ3v) is 13.1. The van der Waals surface area contributed by atoms with E-state index in [2.05, 4.69) is 228 Å². The molecule has 0 spiro atoms. The number of para-hydroxylation sites is 2. The van der Waals surface area contributed by atoms with Crippen molar-refractivity contribution < 1.29 is 9.47 Å². The molecule has 2 aliphatic rings. The van der Waals surface area contributed by atoms with Crippen molar-refractivity contribution in [3.05, 3.63) is 216 Å². The topological polar surface area (TPSA) is 24.9 Å².